The molecule has 1 aromatic heterocycles. The SMILES string of the molecule is CCCOc1nc(NC)nc(SCC(=O)OC(C)(C)C)n1. The minimum Gasteiger partial charge on any atom is -0.463 e. The minimum absolute atomic E-state index is 0.137. The van der Waals surface area contributed by atoms with E-state index in [1.54, 1.807) is 7.05 Å². The molecule has 0 aliphatic rings. The van der Waals surface area contributed by atoms with E-state index in [2.05, 4.69) is 20.3 Å². The van der Waals surface area contributed by atoms with E-state index in [0.717, 1.165) is 6.42 Å². The van der Waals surface area contributed by atoms with Crippen LogP contribution >= 0.6 is 11.8 Å². The standard InChI is InChI=1S/C13H22N4O3S/c1-6-7-19-11-15-10(14-5)16-12(17-11)21-8-9(18)20-13(2,3)4/h6-8H2,1-5H3,(H,14,15,16,17). The zero-order chi connectivity index (χ0) is 15.9. The summed E-state index contributed by atoms with van der Waals surface area (Å²) in [6.45, 7) is 8.01. The molecule has 0 atom stereocenters. The Bertz CT molecular complexity index is 477. The summed E-state index contributed by atoms with van der Waals surface area (Å²) in [6.07, 6.45) is 0.862. The molecule has 0 aromatic carbocycles. The average molecular weight is 314 g/mol. The van der Waals surface area contributed by atoms with E-state index in [1.165, 1.54) is 11.8 Å². The highest BCUT2D eigenvalue weighted by Crippen LogP contribution is 2.19. The third-order valence-corrected chi connectivity index (χ3v) is 2.81. The van der Waals surface area contributed by atoms with E-state index in [0.29, 0.717) is 17.7 Å². The van der Waals surface area contributed by atoms with Crippen LogP contribution < -0.4 is 10.1 Å². The van der Waals surface area contributed by atoms with Crippen molar-refractivity contribution in [3.8, 4) is 6.01 Å². The number of hydrogen-bond acceptors (Lipinski definition) is 8. The number of anilines is 1. The summed E-state index contributed by atoms with van der Waals surface area (Å²) in [5.74, 6) is 0.232. The lowest BCUT2D eigenvalue weighted by atomic mass is 10.2. The summed E-state index contributed by atoms with van der Waals surface area (Å²) in [5, 5.41) is 3.26. The van der Waals surface area contributed by atoms with Crippen molar-refractivity contribution in [2.75, 3.05) is 24.7 Å². The van der Waals surface area contributed by atoms with Crippen molar-refractivity contribution in [2.24, 2.45) is 0 Å². The van der Waals surface area contributed by atoms with Gasteiger partial charge < -0.3 is 14.8 Å². The number of ether oxygens (including phenoxy) is 2. The van der Waals surface area contributed by atoms with E-state index in [-0.39, 0.29) is 17.7 Å². The molecule has 0 radical (unpaired) electrons. The van der Waals surface area contributed by atoms with Crippen LogP contribution in [0.1, 0.15) is 34.1 Å². The molecule has 1 aromatic rings. The molecule has 0 bridgehead atoms. The first-order valence-corrected chi connectivity index (χ1v) is 7.74. The van der Waals surface area contributed by atoms with Crippen LogP contribution in [0.5, 0.6) is 6.01 Å². The number of hydrogen-bond donors (Lipinski definition) is 1. The lowest BCUT2D eigenvalue weighted by molar-refractivity contribution is -0.151. The molecular formula is C13H22N4O3S. The van der Waals surface area contributed by atoms with Gasteiger partial charge in [0.05, 0.1) is 12.4 Å². The monoisotopic (exact) mass is 314 g/mol. The number of carbonyl (C=O) groups is 1. The topological polar surface area (TPSA) is 86.2 Å². The fourth-order valence-corrected chi connectivity index (χ4v) is 1.87. The number of nitrogens with zero attached hydrogens (tertiary/aromatic N) is 3. The largest absolute Gasteiger partial charge is 0.463 e. The molecule has 0 saturated carbocycles. The maximum atomic E-state index is 11.7. The lowest BCUT2D eigenvalue weighted by Crippen LogP contribution is -2.25. The van der Waals surface area contributed by atoms with Crippen LogP contribution in [-0.2, 0) is 9.53 Å². The van der Waals surface area contributed by atoms with Crippen molar-refractivity contribution in [2.45, 2.75) is 44.9 Å². The quantitative estimate of drug-likeness (QED) is 0.605. The molecule has 7 nitrogen and oxygen atoms in total. The van der Waals surface area contributed by atoms with Crippen LogP contribution in [0.15, 0.2) is 5.16 Å². The van der Waals surface area contributed by atoms with Gasteiger partial charge in [-0.25, -0.2) is 0 Å². The van der Waals surface area contributed by atoms with Gasteiger partial charge in [0.1, 0.15) is 5.60 Å². The predicted octanol–water partition coefficient (Wildman–Crippen LogP) is 2.14. The van der Waals surface area contributed by atoms with Gasteiger partial charge in [-0.05, 0) is 27.2 Å². The third-order valence-electron chi connectivity index (χ3n) is 1.99. The van der Waals surface area contributed by atoms with Gasteiger partial charge in [0.15, 0.2) is 5.16 Å². The maximum Gasteiger partial charge on any atom is 0.322 e. The highest BCUT2D eigenvalue weighted by Gasteiger charge is 2.17. The van der Waals surface area contributed by atoms with Gasteiger partial charge in [-0.1, -0.05) is 18.7 Å². The Kier molecular flexibility index (Phi) is 6.67. The molecule has 1 N–H and O–H groups in total. The van der Waals surface area contributed by atoms with Crippen molar-refractivity contribution < 1.29 is 14.3 Å². The van der Waals surface area contributed by atoms with Crippen LogP contribution in [0.4, 0.5) is 5.95 Å². The van der Waals surface area contributed by atoms with Crippen LogP contribution in [0.25, 0.3) is 0 Å². The van der Waals surface area contributed by atoms with Gasteiger partial charge in [-0.2, -0.15) is 15.0 Å². The number of esters is 1. The number of rotatable bonds is 7. The summed E-state index contributed by atoms with van der Waals surface area (Å²) in [7, 11) is 1.71. The molecule has 8 heteroatoms. The molecule has 21 heavy (non-hydrogen) atoms. The fraction of sp³-hybridized carbons (Fsp3) is 0.692. The van der Waals surface area contributed by atoms with E-state index < -0.39 is 5.60 Å². The summed E-state index contributed by atoms with van der Waals surface area (Å²) in [6, 6.07) is 0.253. The summed E-state index contributed by atoms with van der Waals surface area (Å²) in [5.41, 5.74) is -0.498. The van der Waals surface area contributed by atoms with Gasteiger partial charge in [-0.15, -0.1) is 0 Å². The van der Waals surface area contributed by atoms with E-state index in [1.807, 2.05) is 27.7 Å². The smallest absolute Gasteiger partial charge is 0.322 e. The number of thioether (sulfide) groups is 1. The van der Waals surface area contributed by atoms with Crippen molar-refractivity contribution in [3.63, 3.8) is 0 Å². The first kappa shape index (κ1) is 17.5. The Morgan fingerprint density at radius 1 is 1.29 bits per heavy atom. The average Bonchev–Trinajstić information content (AvgIpc) is 2.41. The van der Waals surface area contributed by atoms with Crippen molar-refractivity contribution in [1.82, 2.24) is 15.0 Å². The van der Waals surface area contributed by atoms with Gasteiger partial charge in [0.25, 0.3) is 0 Å². The van der Waals surface area contributed by atoms with Crippen LogP contribution in [0.2, 0.25) is 0 Å². The molecule has 0 saturated heterocycles. The summed E-state index contributed by atoms with van der Waals surface area (Å²) >= 11 is 1.19. The van der Waals surface area contributed by atoms with Gasteiger partial charge in [-0.3, -0.25) is 4.79 Å². The third kappa shape index (κ3) is 7.12. The zero-order valence-corrected chi connectivity index (χ0v) is 13.9. The molecule has 118 valence electrons. The van der Waals surface area contributed by atoms with E-state index in [9.17, 15) is 4.79 Å². The molecule has 0 aliphatic carbocycles. The van der Waals surface area contributed by atoms with Gasteiger partial charge in [0, 0.05) is 7.05 Å². The Balaban J connectivity index is 2.67. The highest BCUT2D eigenvalue weighted by atomic mass is 32.2. The molecular weight excluding hydrogens is 292 g/mol. The Morgan fingerprint density at radius 3 is 2.57 bits per heavy atom. The van der Waals surface area contributed by atoms with E-state index >= 15 is 0 Å². The van der Waals surface area contributed by atoms with Crippen LogP contribution in [0.3, 0.4) is 0 Å². The predicted molar refractivity (Wildman–Crippen MR) is 81.7 cm³/mol. The lowest BCUT2D eigenvalue weighted by Gasteiger charge is -2.19. The summed E-state index contributed by atoms with van der Waals surface area (Å²) in [4.78, 5) is 24.1. The number of carbonyl (C=O) groups excluding carboxylic acids is 1. The molecule has 0 fully saturated rings. The number of nitrogens with one attached hydrogen (secondary N) is 1. The Morgan fingerprint density at radius 2 is 2.00 bits per heavy atom. The second-order valence-corrected chi connectivity index (χ2v) is 6.14. The maximum absolute atomic E-state index is 11.7. The number of aromatic nitrogens is 3. The van der Waals surface area contributed by atoms with Crippen LogP contribution in [0, 0.1) is 0 Å². The molecule has 1 rings (SSSR count). The van der Waals surface area contributed by atoms with Crippen molar-refractivity contribution in [3.05, 3.63) is 0 Å². The molecule has 0 aliphatic heterocycles. The Labute approximate surface area is 129 Å². The Hall–Kier alpha value is -1.57. The zero-order valence-electron chi connectivity index (χ0n) is 13.1. The first-order chi connectivity index (χ1) is 9.84. The van der Waals surface area contributed by atoms with Gasteiger partial charge >= 0.3 is 12.0 Å². The second-order valence-electron chi connectivity index (χ2n) is 5.20. The minimum atomic E-state index is -0.498. The van der Waals surface area contributed by atoms with Crippen LogP contribution in [-0.4, -0.2) is 45.9 Å². The van der Waals surface area contributed by atoms with E-state index in [4.69, 9.17) is 9.47 Å². The molecule has 0 amide bonds. The molecule has 0 spiro atoms. The molecule has 1 heterocycles. The second kappa shape index (κ2) is 8.02. The first-order valence-electron chi connectivity index (χ1n) is 6.75. The highest BCUT2D eigenvalue weighted by molar-refractivity contribution is 7.99. The van der Waals surface area contributed by atoms with Crippen molar-refractivity contribution in [1.29, 1.82) is 0 Å². The summed E-state index contributed by atoms with van der Waals surface area (Å²) < 4.78 is 10.6. The normalized spacial score (nSPS) is 11.1. The molecule has 0 unspecified atom stereocenters. The van der Waals surface area contributed by atoms with Crippen molar-refractivity contribution >= 4 is 23.7 Å². The van der Waals surface area contributed by atoms with Gasteiger partial charge in [0.2, 0.25) is 5.95 Å². The fourth-order valence-electron chi connectivity index (χ4n) is 1.27.